The molecular formula is C30H30N2O5. The molecule has 2 aliphatic heterocycles. The van der Waals surface area contributed by atoms with E-state index in [1.807, 2.05) is 54.6 Å². The maximum atomic E-state index is 13.5. The van der Waals surface area contributed by atoms with Crippen molar-refractivity contribution in [2.45, 2.75) is 25.3 Å². The third-order valence-electron chi connectivity index (χ3n) is 7.07. The lowest BCUT2D eigenvalue weighted by Gasteiger charge is -2.30. The summed E-state index contributed by atoms with van der Waals surface area (Å²) in [5.74, 6) is -0.905. The zero-order valence-electron chi connectivity index (χ0n) is 21.0. The van der Waals surface area contributed by atoms with E-state index in [9.17, 15) is 14.7 Å². The Kier molecular flexibility index (Phi) is 6.86. The van der Waals surface area contributed by atoms with E-state index in [1.54, 1.807) is 18.2 Å². The number of anilines is 2. The lowest BCUT2D eigenvalue weighted by Crippen LogP contribution is -2.30. The SMILES string of the molecule is COc1ccc(OC)c(/C(O)=C2\C(=O)C(=O)N(c3ccc(N4CCCCC4)cc3)C2c2ccccc2)c1. The van der Waals surface area contributed by atoms with E-state index in [0.29, 0.717) is 22.7 Å². The summed E-state index contributed by atoms with van der Waals surface area (Å²) >= 11 is 0. The van der Waals surface area contributed by atoms with Crippen molar-refractivity contribution in [3.05, 3.63) is 89.5 Å². The van der Waals surface area contributed by atoms with Gasteiger partial charge in [0.1, 0.15) is 17.3 Å². The van der Waals surface area contributed by atoms with Crippen molar-refractivity contribution in [1.29, 1.82) is 0 Å². The fourth-order valence-electron chi connectivity index (χ4n) is 5.17. The van der Waals surface area contributed by atoms with Gasteiger partial charge in [-0.05, 0) is 67.3 Å². The molecule has 5 rings (SSSR count). The molecule has 0 radical (unpaired) electrons. The van der Waals surface area contributed by atoms with Gasteiger partial charge in [0.05, 0.1) is 31.4 Å². The van der Waals surface area contributed by atoms with Crippen molar-refractivity contribution < 1.29 is 24.2 Å². The van der Waals surface area contributed by atoms with Gasteiger partial charge in [0.15, 0.2) is 0 Å². The number of amides is 1. The zero-order valence-corrected chi connectivity index (χ0v) is 21.0. The largest absolute Gasteiger partial charge is 0.507 e. The average Bonchev–Trinajstić information content (AvgIpc) is 3.23. The number of hydrogen-bond acceptors (Lipinski definition) is 6. The Morgan fingerprint density at radius 2 is 1.51 bits per heavy atom. The predicted octanol–water partition coefficient (Wildman–Crippen LogP) is 5.32. The summed E-state index contributed by atoms with van der Waals surface area (Å²) < 4.78 is 10.8. The standard InChI is InChI=1S/C30H30N2O5/c1-36-23-15-16-25(37-2)24(19-23)28(33)26-27(20-9-5-3-6-10-20)32(30(35)29(26)34)22-13-11-21(12-14-22)31-17-7-4-8-18-31/h3,5-6,9-16,19,27,33H,4,7-8,17-18H2,1-2H3/b28-26+. The topological polar surface area (TPSA) is 79.3 Å². The van der Waals surface area contributed by atoms with Gasteiger partial charge in [-0.15, -0.1) is 0 Å². The van der Waals surface area contributed by atoms with Crippen LogP contribution in [0.25, 0.3) is 5.76 Å². The van der Waals surface area contributed by atoms with Crippen molar-refractivity contribution in [3.8, 4) is 11.5 Å². The second-order valence-corrected chi connectivity index (χ2v) is 9.21. The summed E-state index contributed by atoms with van der Waals surface area (Å²) in [4.78, 5) is 30.7. The van der Waals surface area contributed by atoms with Crippen LogP contribution in [0.15, 0.2) is 78.4 Å². The number of ether oxygens (including phenoxy) is 2. The lowest BCUT2D eigenvalue weighted by atomic mass is 9.94. The van der Waals surface area contributed by atoms with Crippen LogP contribution >= 0.6 is 0 Å². The summed E-state index contributed by atoms with van der Waals surface area (Å²) in [7, 11) is 3.00. The van der Waals surface area contributed by atoms with Gasteiger partial charge in [-0.1, -0.05) is 30.3 Å². The molecule has 1 unspecified atom stereocenters. The molecule has 0 aliphatic carbocycles. The molecule has 7 heteroatoms. The van der Waals surface area contributed by atoms with E-state index in [4.69, 9.17) is 9.47 Å². The van der Waals surface area contributed by atoms with Crippen LogP contribution in [0.5, 0.6) is 11.5 Å². The lowest BCUT2D eigenvalue weighted by molar-refractivity contribution is -0.132. The van der Waals surface area contributed by atoms with Crippen LogP contribution < -0.4 is 19.3 Å². The molecule has 7 nitrogen and oxygen atoms in total. The minimum Gasteiger partial charge on any atom is -0.507 e. The molecular weight excluding hydrogens is 468 g/mol. The number of carbonyl (C=O) groups is 2. The Morgan fingerprint density at radius 1 is 0.838 bits per heavy atom. The highest BCUT2D eigenvalue weighted by Crippen LogP contribution is 2.44. The van der Waals surface area contributed by atoms with Crippen LogP contribution in [0.1, 0.15) is 36.4 Å². The first-order chi connectivity index (χ1) is 18.0. The van der Waals surface area contributed by atoms with Gasteiger partial charge < -0.3 is 19.5 Å². The number of hydrogen-bond donors (Lipinski definition) is 1. The monoisotopic (exact) mass is 498 g/mol. The van der Waals surface area contributed by atoms with Crippen LogP contribution in [-0.2, 0) is 9.59 Å². The molecule has 190 valence electrons. The number of aliphatic hydroxyl groups is 1. The fourth-order valence-corrected chi connectivity index (χ4v) is 5.17. The Labute approximate surface area is 216 Å². The second kappa shape index (κ2) is 10.4. The molecule has 1 N–H and O–H groups in total. The summed E-state index contributed by atoms with van der Waals surface area (Å²) in [6, 6.07) is 21.1. The average molecular weight is 499 g/mol. The summed E-state index contributed by atoms with van der Waals surface area (Å²) in [5, 5.41) is 11.5. The van der Waals surface area contributed by atoms with Crippen LogP contribution in [-0.4, -0.2) is 44.1 Å². The van der Waals surface area contributed by atoms with Crippen molar-refractivity contribution >= 4 is 28.8 Å². The Hall–Kier alpha value is -4.26. The molecule has 2 saturated heterocycles. The minimum absolute atomic E-state index is 0.00265. The van der Waals surface area contributed by atoms with Crippen molar-refractivity contribution in [1.82, 2.24) is 0 Å². The Balaban J connectivity index is 1.63. The predicted molar refractivity (Wildman–Crippen MR) is 143 cm³/mol. The smallest absolute Gasteiger partial charge is 0.300 e. The molecule has 0 bridgehead atoms. The number of ketones is 1. The van der Waals surface area contributed by atoms with Crippen molar-refractivity contribution in [3.63, 3.8) is 0 Å². The van der Waals surface area contributed by atoms with Crippen molar-refractivity contribution in [2.24, 2.45) is 0 Å². The Morgan fingerprint density at radius 3 is 2.16 bits per heavy atom. The number of Topliss-reactive ketones (excluding diaryl/α,β-unsaturated/α-hetero) is 1. The maximum absolute atomic E-state index is 13.5. The third-order valence-corrected chi connectivity index (χ3v) is 7.07. The van der Waals surface area contributed by atoms with Gasteiger partial charge in [0, 0.05) is 24.5 Å². The van der Waals surface area contributed by atoms with Crippen molar-refractivity contribution in [2.75, 3.05) is 37.1 Å². The van der Waals surface area contributed by atoms with Gasteiger partial charge in [0.25, 0.3) is 11.7 Å². The van der Waals surface area contributed by atoms with Gasteiger partial charge in [-0.25, -0.2) is 0 Å². The van der Waals surface area contributed by atoms with E-state index in [2.05, 4.69) is 4.90 Å². The maximum Gasteiger partial charge on any atom is 0.300 e. The first-order valence-corrected chi connectivity index (χ1v) is 12.5. The molecule has 0 aromatic heterocycles. The molecule has 0 saturated carbocycles. The van der Waals surface area contributed by atoms with Gasteiger partial charge in [-0.2, -0.15) is 0 Å². The number of nitrogens with zero attached hydrogens (tertiary/aromatic N) is 2. The number of benzene rings is 3. The number of aliphatic hydroxyl groups excluding tert-OH is 1. The van der Waals surface area contributed by atoms with E-state index in [-0.39, 0.29) is 16.9 Å². The van der Waals surface area contributed by atoms with Crippen LogP contribution in [0.2, 0.25) is 0 Å². The van der Waals surface area contributed by atoms with E-state index < -0.39 is 17.7 Å². The second-order valence-electron chi connectivity index (χ2n) is 9.21. The summed E-state index contributed by atoms with van der Waals surface area (Å²) in [6.07, 6.45) is 3.57. The number of methoxy groups -OCH3 is 2. The fraction of sp³-hybridized carbons (Fsp3) is 0.267. The molecule has 37 heavy (non-hydrogen) atoms. The number of carbonyl (C=O) groups excluding carboxylic acids is 2. The quantitative estimate of drug-likeness (QED) is 0.282. The number of piperidine rings is 1. The summed E-state index contributed by atoms with van der Waals surface area (Å²) in [6.45, 7) is 2.02. The molecule has 3 aromatic rings. The van der Waals surface area contributed by atoms with Crippen LogP contribution in [0.3, 0.4) is 0 Å². The first kappa shape index (κ1) is 24.4. The highest BCUT2D eigenvalue weighted by Gasteiger charge is 2.47. The molecule has 1 amide bonds. The molecule has 2 fully saturated rings. The molecule has 1 atom stereocenters. The first-order valence-electron chi connectivity index (χ1n) is 12.5. The van der Waals surface area contributed by atoms with Gasteiger partial charge in [-0.3, -0.25) is 14.5 Å². The third kappa shape index (κ3) is 4.53. The highest BCUT2D eigenvalue weighted by molar-refractivity contribution is 6.51. The minimum atomic E-state index is -0.807. The number of rotatable bonds is 6. The molecule has 2 aliphatic rings. The van der Waals surface area contributed by atoms with E-state index in [1.165, 1.54) is 25.5 Å². The normalized spacial score (nSPS) is 19.2. The summed E-state index contributed by atoms with van der Waals surface area (Å²) in [5.41, 5.74) is 2.68. The van der Waals surface area contributed by atoms with E-state index >= 15 is 0 Å². The molecule has 3 aromatic carbocycles. The highest BCUT2D eigenvalue weighted by atomic mass is 16.5. The zero-order chi connectivity index (χ0) is 25.9. The molecule has 0 spiro atoms. The van der Waals surface area contributed by atoms with Crippen LogP contribution in [0.4, 0.5) is 11.4 Å². The van der Waals surface area contributed by atoms with Gasteiger partial charge >= 0.3 is 0 Å². The van der Waals surface area contributed by atoms with Crippen LogP contribution in [0, 0.1) is 0 Å². The Bertz CT molecular complexity index is 1330. The van der Waals surface area contributed by atoms with Gasteiger partial charge in [0.2, 0.25) is 0 Å². The van der Waals surface area contributed by atoms with E-state index in [0.717, 1.165) is 31.6 Å². The molecule has 2 heterocycles.